The van der Waals surface area contributed by atoms with Gasteiger partial charge in [-0.1, -0.05) is 41.9 Å². The van der Waals surface area contributed by atoms with Gasteiger partial charge in [0, 0.05) is 18.1 Å². The molecule has 9 heteroatoms. The number of rotatable bonds is 11. The number of ether oxygens (including phenoxy) is 2. The number of halogens is 1. The van der Waals surface area contributed by atoms with Gasteiger partial charge in [0.1, 0.15) is 0 Å². The van der Waals surface area contributed by atoms with E-state index in [4.69, 9.17) is 21.1 Å². The molecule has 0 aliphatic carbocycles. The number of nitrogens with zero attached hydrogens (tertiary/aromatic N) is 1. The smallest absolute Gasteiger partial charge is 0.243 e. The van der Waals surface area contributed by atoms with E-state index in [2.05, 4.69) is 5.32 Å². The van der Waals surface area contributed by atoms with Crippen LogP contribution in [0.1, 0.15) is 16.7 Å². The van der Waals surface area contributed by atoms with Gasteiger partial charge in [0.15, 0.2) is 11.5 Å². The molecule has 35 heavy (non-hydrogen) atoms. The molecule has 7 nitrogen and oxygen atoms in total. The van der Waals surface area contributed by atoms with Crippen LogP contribution in [0.3, 0.4) is 0 Å². The molecular weight excluding hydrogens is 488 g/mol. The highest BCUT2D eigenvalue weighted by molar-refractivity contribution is 7.89. The monoisotopic (exact) mass is 516 g/mol. The summed E-state index contributed by atoms with van der Waals surface area (Å²) in [7, 11) is -0.807. The molecule has 3 rings (SSSR count). The van der Waals surface area contributed by atoms with Crippen molar-refractivity contribution in [2.24, 2.45) is 0 Å². The van der Waals surface area contributed by atoms with E-state index in [1.807, 2.05) is 43.3 Å². The van der Waals surface area contributed by atoms with E-state index in [0.29, 0.717) is 29.5 Å². The van der Waals surface area contributed by atoms with Gasteiger partial charge in [-0.25, -0.2) is 8.42 Å². The second-order valence-electron chi connectivity index (χ2n) is 7.94. The fourth-order valence-electron chi connectivity index (χ4n) is 3.56. The first kappa shape index (κ1) is 26.5. The Bertz CT molecular complexity index is 1260. The second kappa shape index (κ2) is 12.1. The number of sulfonamides is 1. The minimum absolute atomic E-state index is 0.0702. The van der Waals surface area contributed by atoms with Crippen LogP contribution in [0.25, 0.3) is 0 Å². The summed E-state index contributed by atoms with van der Waals surface area (Å²) in [5, 5.41) is 3.26. The Hall–Kier alpha value is -3.07. The first-order valence-corrected chi connectivity index (χ1v) is 12.8. The summed E-state index contributed by atoms with van der Waals surface area (Å²) in [6, 6.07) is 19.0. The number of hydrogen-bond acceptors (Lipinski definition) is 5. The maximum atomic E-state index is 13.4. The summed E-state index contributed by atoms with van der Waals surface area (Å²) in [6.07, 6.45) is 0.549. The summed E-state index contributed by atoms with van der Waals surface area (Å²) in [5.74, 6) is 0.839. The molecule has 186 valence electrons. The van der Waals surface area contributed by atoms with Gasteiger partial charge >= 0.3 is 0 Å². The second-order valence-corrected chi connectivity index (χ2v) is 10.3. The van der Waals surface area contributed by atoms with Crippen LogP contribution in [-0.4, -0.2) is 45.9 Å². The van der Waals surface area contributed by atoms with Crippen LogP contribution < -0.4 is 14.8 Å². The lowest BCUT2D eigenvalue weighted by Gasteiger charge is -2.23. The van der Waals surface area contributed by atoms with Crippen LogP contribution in [-0.2, 0) is 27.8 Å². The Balaban J connectivity index is 1.72. The van der Waals surface area contributed by atoms with E-state index < -0.39 is 15.9 Å². The molecule has 0 spiro atoms. The van der Waals surface area contributed by atoms with Crippen molar-refractivity contribution in [2.75, 3.05) is 27.3 Å². The number of methoxy groups -OCH3 is 2. The number of hydrogen-bond donors (Lipinski definition) is 1. The first-order valence-electron chi connectivity index (χ1n) is 11.0. The molecule has 0 radical (unpaired) electrons. The molecule has 0 fully saturated rings. The molecular formula is C26H29ClN2O5S. The summed E-state index contributed by atoms with van der Waals surface area (Å²) in [4.78, 5) is 12.9. The minimum Gasteiger partial charge on any atom is -0.493 e. The molecule has 1 amide bonds. The summed E-state index contributed by atoms with van der Waals surface area (Å²) in [6.45, 7) is 2.01. The normalized spacial score (nSPS) is 11.3. The summed E-state index contributed by atoms with van der Waals surface area (Å²) < 4.78 is 38.5. The zero-order chi connectivity index (χ0) is 25.4. The molecule has 0 atom stereocenters. The lowest BCUT2D eigenvalue weighted by molar-refractivity contribution is -0.121. The molecule has 0 saturated heterocycles. The van der Waals surface area contributed by atoms with E-state index in [9.17, 15) is 13.2 Å². The number of carbonyl (C=O) groups is 1. The molecule has 0 aromatic heterocycles. The maximum Gasteiger partial charge on any atom is 0.243 e. The zero-order valence-electron chi connectivity index (χ0n) is 20.0. The van der Waals surface area contributed by atoms with Gasteiger partial charge in [-0.3, -0.25) is 4.79 Å². The number of nitrogens with one attached hydrogen (secondary N) is 1. The molecule has 0 aliphatic rings. The number of amides is 1. The molecule has 0 heterocycles. The highest BCUT2D eigenvalue weighted by Crippen LogP contribution is 2.27. The Labute approximate surface area is 211 Å². The molecule has 3 aromatic rings. The van der Waals surface area contributed by atoms with Crippen LogP contribution in [0.5, 0.6) is 11.5 Å². The highest BCUT2D eigenvalue weighted by atomic mass is 35.5. The van der Waals surface area contributed by atoms with Crippen molar-refractivity contribution in [3.8, 4) is 11.5 Å². The standard InChI is InChI=1S/C26H29ClN2O5S/c1-19-6-4-5-7-21(19)17-29(35(31,32)23-11-9-22(27)10-12-23)18-26(30)28-15-14-20-8-13-24(33-2)25(16-20)34-3/h4-13,16H,14-15,17-18H2,1-3H3,(H,28,30). The third-order valence-corrected chi connectivity index (χ3v) is 7.62. The van der Waals surface area contributed by atoms with Gasteiger partial charge in [-0.05, 0) is 66.4 Å². The quantitative estimate of drug-likeness (QED) is 0.412. The molecule has 0 bridgehead atoms. The topological polar surface area (TPSA) is 84.9 Å². The average molecular weight is 517 g/mol. The van der Waals surface area contributed by atoms with Crippen LogP contribution in [0.2, 0.25) is 5.02 Å². The van der Waals surface area contributed by atoms with E-state index in [-0.39, 0.29) is 18.0 Å². The third kappa shape index (κ3) is 6.97. The Morgan fingerprint density at radius 2 is 1.66 bits per heavy atom. The average Bonchev–Trinajstić information content (AvgIpc) is 2.85. The van der Waals surface area contributed by atoms with Gasteiger partial charge in [0.2, 0.25) is 15.9 Å². The van der Waals surface area contributed by atoms with Gasteiger partial charge in [0.25, 0.3) is 0 Å². The number of benzene rings is 3. The van der Waals surface area contributed by atoms with Crippen LogP contribution in [0, 0.1) is 6.92 Å². The number of aryl methyl sites for hydroxylation is 1. The van der Waals surface area contributed by atoms with E-state index in [0.717, 1.165) is 16.7 Å². The summed E-state index contributed by atoms with van der Waals surface area (Å²) in [5.41, 5.74) is 2.72. The fraction of sp³-hybridized carbons (Fsp3) is 0.269. The molecule has 1 N–H and O–H groups in total. The lowest BCUT2D eigenvalue weighted by Crippen LogP contribution is -2.41. The highest BCUT2D eigenvalue weighted by Gasteiger charge is 2.27. The van der Waals surface area contributed by atoms with Gasteiger partial charge in [-0.15, -0.1) is 0 Å². The van der Waals surface area contributed by atoms with Crippen LogP contribution in [0.15, 0.2) is 71.6 Å². The van der Waals surface area contributed by atoms with Crippen molar-refractivity contribution < 1.29 is 22.7 Å². The van der Waals surface area contributed by atoms with Gasteiger partial charge in [-0.2, -0.15) is 4.31 Å². The van der Waals surface area contributed by atoms with Crippen LogP contribution >= 0.6 is 11.6 Å². The Kier molecular flexibility index (Phi) is 9.14. The van der Waals surface area contributed by atoms with Crippen molar-refractivity contribution in [3.05, 3.63) is 88.4 Å². The van der Waals surface area contributed by atoms with Gasteiger partial charge < -0.3 is 14.8 Å². The van der Waals surface area contributed by atoms with Crippen molar-refractivity contribution in [1.29, 1.82) is 0 Å². The lowest BCUT2D eigenvalue weighted by atomic mass is 10.1. The molecule has 0 aliphatic heterocycles. The molecule has 3 aromatic carbocycles. The first-order chi connectivity index (χ1) is 16.7. The number of carbonyl (C=O) groups excluding carboxylic acids is 1. The van der Waals surface area contributed by atoms with Crippen molar-refractivity contribution in [1.82, 2.24) is 9.62 Å². The van der Waals surface area contributed by atoms with E-state index >= 15 is 0 Å². The van der Waals surface area contributed by atoms with Crippen molar-refractivity contribution >= 4 is 27.5 Å². The minimum atomic E-state index is -3.94. The van der Waals surface area contributed by atoms with E-state index in [1.165, 1.54) is 28.6 Å². The Morgan fingerprint density at radius 3 is 2.31 bits per heavy atom. The predicted molar refractivity (Wildman–Crippen MR) is 136 cm³/mol. The Morgan fingerprint density at radius 1 is 0.971 bits per heavy atom. The van der Waals surface area contributed by atoms with Crippen LogP contribution in [0.4, 0.5) is 0 Å². The largest absolute Gasteiger partial charge is 0.493 e. The van der Waals surface area contributed by atoms with Gasteiger partial charge in [0.05, 0.1) is 25.7 Å². The molecule has 0 unspecified atom stereocenters. The van der Waals surface area contributed by atoms with E-state index in [1.54, 1.807) is 20.3 Å². The fourth-order valence-corrected chi connectivity index (χ4v) is 5.06. The van der Waals surface area contributed by atoms with Crippen molar-refractivity contribution in [3.63, 3.8) is 0 Å². The third-order valence-electron chi connectivity index (χ3n) is 5.56. The zero-order valence-corrected chi connectivity index (χ0v) is 21.5. The maximum absolute atomic E-state index is 13.4. The SMILES string of the molecule is COc1ccc(CCNC(=O)CN(Cc2ccccc2C)S(=O)(=O)c2ccc(Cl)cc2)cc1OC. The predicted octanol–water partition coefficient (Wildman–Crippen LogP) is 4.22. The molecule has 0 saturated carbocycles. The van der Waals surface area contributed by atoms with Crippen molar-refractivity contribution in [2.45, 2.75) is 24.8 Å². The summed E-state index contributed by atoms with van der Waals surface area (Å²) >= 11 is 5.93.